The summed E-state index contributed by atoms with van der Waals surface area (Å²) in [6.45, 7) is 7.56. The Balaban J connectivity index is 2.00. The van der Waals surface area contributed by atoms with Crippen molar-refractivity contribution in [2.24, 2.45) is 0 Å². The number of rotatable bonds is 6. The molecule has 0 spiro atoms. The average Bonchev–Trinajstić information content (AvgIpc) is 2.68. The van der Waals surface area contributed by atoms with Gasteiger partial charge in [-0.05, 0) is 49.9 Å². The van der Waals surface area contributed by atoms with E-state index in [4.69, 9.17) is 4.52 Å². The molecule has 143 valence electrons. The molecule has 4 heteroatoms. The van der Waals surface area contributed by atoms with Gasteiger partial charge in [0.05, 0.1) is 0 Å². The minimum absolute atomic E-state index is 0.469. The lowest BCUT2D eigenvalue weighted by Crippen LogP contribution is -2.25. The van der Waals surface area contributed by atoms with Gasteiger partial charge in [-0.1, -0.05) is 78.4 Å². The van der Waals surface area contributed by atoms with Crippen molar-refractivity contribution < 1.29 is 13.9 Å². The second-order valence-corrected chi connectivity index (χ2v) is 8.30. The van der Waals surface area contributed by atoms with Crippen molar-refractivity contribution in [3.63, 3.8) is 0 Å². The number of hydrogen-bond acceptors (Lipinski definition) is 3. The highest BCUT2D eigenvalue weighted by Gasteiger charge is 2.35. The molecule has 3 rings (SSSR count). The summed E-state index contributed by atoms with van der Waals surface area (Å²) in [5.74, 6) is 0. The molecule has 28 heavy (non-hydrogen) atoms. The predicted octanol–water partition coefficient (Wildman–Crippen LogP) is 6.47. The summed E-state index contributed by atoms with van der Waals surface area (Å²) < 4.78 is 19.1. The molecule has 0 bridgehead atoms. The molecule has 0 N–H and O–H groups in total. The molecule has 3 nitrogen and oxygen atoms in total. The Kier molecular flexibility index (Phi) is 5.88. The van der Waals surface area contributed by atoms with Crippen molar-refractivity contribution in [3.05, 3.63) is 106 Å². The van der Waals surface area contributed by atoms with E-state index in [9.17, 15) is 9.36 Å². The second-order valence-electron chi connectivity index (χ2n) is 7.19. The quantitative estimate of drug-likeness (QED) is 0.452. The van der Waals surface area contributed by atoms with Crippen molar-refractivity contribution in [2.75, 3.05) is 0 Å². The number of hydrogen-bond donors (Lipinski definition) is 0. The molecule has 0 saturated carbocycles. The van der Waals surface area contributed by atoms with Gasteiger partial charge in [0.15, 0.2) is 0 Å². The fourth-order valence-corrected chi connectivity index (χ4v) is 4.76. The smallest absolute Gasteiger partial charge is 0.282 e. The third-order valence-electron chi connectivity index (χ3n) is 4.97. The van der Waals surface area contributed by atoms with Crippen LogP contribution < -0.4 is 0 Å². The highest BCUT2D eigenvalue weighted by molar-refractivity contribution is 7.60. The molecule has 0 saturated heterocycles. The first-order valence-electron chi connectivity index (χ1n) is 9.22. The lowest BCUT2D eigenvalue weighted by molar-refractivity contribution is 0.0996. The van der Waals surface area contributed by atoms with Crippen LogP contribution in [0.1, 0.15) is 45.1 Å². The first-order valence-corrected chi connectivity index (χ1v) is 10.4. The monoisotopic (exact) mass is 391 g/mol. The Morgan fingerprint density at radius 3 is 1.68 bits per heavy atom. The van der Waals surface area contributed by atoms with Gasteiger partial charge in [-0.3, -0.25) is 9.32 Å². The molecule has 1 unspecified atom stereocenters. The summed E-state index contributed by atoms with van der Waals surface area (Å²) in [4.78, 5) is 13.0. The van der Waals surface area contributed by atoms with E-state index in [1.165, 1.54) is 0 Å². The molecular weight excluding hydrogens is 367 g/mol. The summed E-state index contributed by atoms with van der Waals surface area (Å²) in [5, 5.41) is 0. The fraction of sp³-hybridized carbons (Fsp3) is 0.208. The van der Waals surface area contributed by atoms with Crippen LogP contribution in [0.25, 0.3) is 0 Å². The van der Waals surface area contributed by atoms with E-state index < -0.39 is 19.2 Å². The zero-order valence-electron chi connectivity index (χ0n) is 16.6. The third kappa shape index (κ3) is 3.96. The van der Waals surface area contributed by atoms with Gasteiger partial charge < -0.3 is 0 Å². The van der Waals surface area contributed by atoms with E-state index in [2.05, 4.69) is 0 Å². The van der Waals surface area contributed by atoms with Gasteiger partial charge in [-0.25, -0.2) is 4.57 Å². The average molecular weight is 391 g/mol. The third-order valence-corrected chi connectivity index (χ3v) is 6.06. The molecule has 0 aliphatic heterocycles. The predicted molar refractivity (Wildman–Crippen MR) is 113 cm³/mol. The van der Waals surface area contributed by atoms with Crippen LogP contribution in [-0.2, 0) is 14.7 Å². The molecule has 0 fully saturated rings. The summed E-state index contributed by atoms with van der Waals surface area (Å²) in [6, 6.07) is 23.0. The van der Waals surface area contributed by atoms with Crippen LogP contribution in [0.15, 0.2) is 72.8 Å². The molecule has 3 aromatic carbocycles. The number of carbonyl (C=O) groups is 1. The first-order chi connectivity index (χ1) is 13.3. The minimum atomic E-state index is -2.58. The largest absolute Gasteiger partial charge is 0.290 e. The van der Waals surface area contributed by atoms with Crippen LogP contribution in [0.3, 0.4) is 0 Å². The highest BCUT2D eigenvalue weighted by atomic mass is 31.1. The maximum atomic E-state index is 13.1. The molecular formula is C24H24O3P. The Labute approximate surface area is 167 Å². The van der Waals surface area contributed by atoms with Crippen LogP contribution in [0, 0.1) is 20.8 Å². The fourth-order valence-electron chi connectivity index (χ4n) is 3.60. The van der Waals surface area contributed by atoms with Crippen molar-refractivity contribution in [3.8, 4) is 0 Å². The van der Waals surface area contributed by atoms with Crippen LogP contribution >= 0.6 is 8.03 Å². The SMILES string of the molecule is Cc1cc(C)c(C(=O)[P](=O)OC(C)(c2ccccc2)c2ccccc2)c(C)c1. The molecule has 1 radical (unpaired) electrons. The lowest BCUT2D eigenvalue weighted by Gasteiger charge is -2.29. The molecule has 0 aliphatic rings. The molecule has 0 amide bonds. The van der Waals surface area contributed by atoms with Crippen LogP contribution in [0.4, 0.5) is 0 Å². The Hall–Kier alpha value is -2.61. The van der Waals surface area contributed by atoms with Gasteiger partial charge in [-0.15, -0.1) is 0 Å². The number of aryl methyl sites for hydroxylation is 3. The minimum Gasteiger partial charge on any atom is -0.282 e. The van der Waals surface area contributed by atoms with Gasteiger partial charge in [0.1, 0.15) is 5.60 Å². The summed E-state index contributed by atoms with van der Waals surface area (Å²) in [7, 11) is -2.58. The van der Waals surface area contributed by atoms with E-state index in [1.807, 2.05) is 100 Å². The Morgan fingerprint density at radius 1 is 0.821 bits per heavy atom. The topological polar surface area (TPSA) is 43.4 Å². The van der Waals surface area contributed by atoms with Crippen LogP contribution in [0.5, 0.6) is 0 Å². The van der Waals surface area contributed by atoms with E-state index in [-0.39, 0.29) is 0 Å². The van der Waals surface area contributed by atoms with Crippen molar-refractivity contribution >= 4 is 13.6 Å². The molecule has 0 aromatic heterocycles. The number of carbonyl (C=O) groups excluding carboxylic acids is 1. The Morgan fingerprint density at radius 2 is 1.25 bits per heavy atom. The Bertz CT molecular complexity index is 948. The highest BCUT2D eigenvalue weighted by Crippen LogP contribution is 2.44. The molecule has 0 heterocycles. The van der Waals surface area contributed by atoms with Crippen LogP contribution in [0.2, 0.25) is 0 Å². The molecule has 0 aliphatic carbocycles. The molecule has 3 aromatic rings. The van der Waals surface area contributed by atoms with E-state index in [0.717, 1.165) is 27.8 Å². The lowest BCUT2D eigenvalue weighted by atomic mass is 9.88. The number of benzene rings is 3. The van der Waals surface area contributed by atoms with Gasteiger partial charge in [0.2, 0.25) is 0 Å². The summed E-state index contributed by atoms with van der Waals surface area (Å²) in [5.41, 5.74) is 3.40. The van der Waals surface area contributed by atoms with Crippen molar-refractivity contribution in [1.29, 1.82) is 0 Å². The maximum absolute atomic E-state index is 13.1. The standard InChI is InChI=1S/C24H24O3P/c1-17-15-18(2)22(19(3)16-17)23(25)28(26)27-24(4,20-11-7-5-8-12-20)21-13-9-6-10-14-21/h5-16H,1-4H3. The molecule has 1 atom stereocenters. The van der Waals surface area contributed by atoms with E-state index in [1.54, 1.807) is 0 Å². The first kappa shape index (κ1) is 20.1. The van der Waals surface area contributed by atoms with Gasteiger partial charge in [-0.2, -0.15) is 0 Å². The van der Waals surface area contributed by atoms with Gasteiger partial charge in [0.25, 0.3) is 13.6 Å². The van der Waals surface area contributed by atoms with Gasteiger partial charge in [0, 0.05) is 5.56 Å². The van der Waals surface area contributed by atoms with E-state index in [0.29, 0.717) is 5.56 Å². The van der Waals surface area contributed by atoms with Gasteiger partial charge >= 0.3 is 0 Å². The summed E-state index contributed by atoms with van der Waals surface area (Å²) in [6.07, 6.45) is 0. The van der Waals surface area contributed by atoms with Crippen molar-refractivity contribution in [2.45, 2.75) is 33.3 Å². The normalized spacial score (nSPS) is 11.9. The van der Waals surface area contributed by atoms with Crippen molar-refractivity contribution in [1.82, 2.24) is 0 Å². The summed E-state index contributed by atoms with van der Waals surface area (Å²) >= 11 is 0. The van der Waals surface area contributed by atoms with Crippen LogP contribution in [-0.4, -0.2) is 5.52 Å². The maximum Gasteiger partial charge on any atom is 0.290 e. The van der Waals surface area contributed by atoms with E-state index >= 15 is 0 Å². The zero-order valence-corrected chi connectivity index (χ0v) is 17.5. The zero-order chi connectivity index (χ0) is 20.3. The second kappa shape index (κ2) is 8.18.